The van der Waals surface area contributed by atoms with Gasteiger partial charge in [0.25, 0.3) is 5.82 Å². The van der Waals surface area contributed by atoms with Crippen molar-refractivity contribution in [1.29, 1.82) is 0 Å². The van der Waals surface area contributed by atoms with E-state index in [-0.39, 0.29) is 23.9 Å². The maximum Gasteiger partial charge on any atom is 0.416 e. The third-order valence-corrected chi connectivity index (χ3v) is 6.88. The minimum Gasteiger partial charge on any atom is -0.361 e. The van der Waals surface area contributed by atoms with Gasteiger partial charge in [0, 0.05) is 38.3 Å². The van der Waals surface area contributed by atoms with Crippen LogP contribution in [0.5, 0.6) is 0 Å². The highest BCUT2D eigenvalue weighted by molar-refractivity contribution is 5.87. The molecule has 1 saturated heterocycles. The topological polar surface area (TPSA) is 58.6 Å². The first-order chi connectivity index (χ1) is 16.5. The average molecular weight is 485 g/mol. The largest absolute Gasteiger partial charge is 0.416 e. The lowest BCUT2D eigenvalue weighted by atomic mass is 9.98. The van der Waals surface area contributed by atoms with Gasteiger partial charge in [0.05, 0.1) is 11.1 Å². The number of anilines is 1. The van der Waals surface area contributed by atoms with Crippen molar-refractivity contribution in [2.24, 2.45) is 7.05 Å². The van der Waals surface area contributed by atoms with Crippen LogP contribution in [0.1, 0.15) is 44.4 Å². The first-order valence-corrected chi connectivity index (χ1v) is 11.5. The van der Waals surface area contributed by atoms with Crippen LogP contribution < -0.4 is 10.6 Å². The first kappa shape index (κ1) is 24.7. The second-order valence-corrected chi connectivity index (χ2v) is 8.98. The van der Waals surface area contributed by atoms with Crippen molar-refractivity contribution < 1.29 is 13.2 Å². The molecule has 184 valence electrons. The zero-order valence-electron chi connectivity index (χ0n) is 20.0. The summed E-state index contributed by atoms with van der Waals surface area (Å²) < 4.78 is 40.4. The van der Waals surface area contributed by atoms with Gasteiger partial charge in [0.2, 0.25) is 5.52 Å². The molecule has 3 unspecified atom stereocenters. The minimum absolute atomic E-state index is 0.0455. The molecule has 1 aromatic carbocycles. The molecule has 3 heterocycles. The second-order valence-electron chi connectivity index (χ2n) is 8.98. The maximum absolute atomic E-state index is 13.0. The molecule has 0 amide bonds. The number of aromatic nitrogens is 3. The van der Waals surface area contributed by atoms with Crippen LogP contribution in [0.25, 0.3) is 15.9 Å². The number of fused-ring (bicyclic) bond motifs is 1. The van der Waals surface area contributed by atoms with Crippen molar-refractivity contribution in [1.82, 2.24) is 19.4 Å². The molecule has 0 spiro atoms. The van der Waals surface area contributed by atoms with E-state index in [1.807, 2.05) is 13.8 Å². The van der Waals surface area contributed by atoms with Gasteiger partial charge in [-0.3, -0.25) is 9.47 Å². The number of rotatable bonds is 4. The molecule has 3 aromatic rings. The average Bonchev–Trinajstić information content (AvgIpc) is 2.85. The van der Waals surface area contributed by atoms with Crippen LogP contribution in [-0.4, -0.2) is 44.6 Å². The summed E-state index contributed by atoms with van der Waals surface area (Å²) in [4.78, 5) is 29.2. The van der Waals surface area contributed by atoms with E-state index in [9.17, 15) is 18.0 Å². The third-order valence-electron chi connectivity index (χ3n) is 6.88. The lowest BCUT2D eigenvalue weighted by Gasteiger charge is -2.48. The normalized spacial score (nSPS) is 20.1. The quantitative estimate of drug-likeness (QED) is 0.491. The fourth-order valence-electron chi connectivity index (χ4n) is 4.80. The Hall–Kier alpha value is -3.45. The fourth-order valence-corrected chi connectivity index (χ4v) is 4.80. The Bertz CT molecular complexity index is 1330. The number of hydrogen-bond donors (Lipinski definition) is 0. The van der Waals surface area contributed by atoms with E-state index < -0.39 is 17.4 Å². The zero-order chi connectivity index (χ0) is 25.5. The van der Waals surface area contributed by atoms with Gasteiger partial charge in [-0.05, 0) is 50.1 Å². The Morgan fingerprint density at radius 3 is 2.43 bits per heavy atom. The molecule has 7 nitrogen and oxygen atoms in total. The predicted molar refractivity (Wildman–Crippen MR) is 128 cm³/mol. The van der Waals surface area contributed by atoms with E-state index in [0.29, 0.717) is 29.9 Å². The van der Waals surface area contributed by atoms with E-state index in [0.717, 1.165) is 24.1 Å². The SMILES string of the molecule is [C-]#[N+]c1ccc2c(n1)c(N1CC(CC)N(C(C)c3ccc(C(F)(F)F)cc3)CC1C)nc(=O)n2C. The van der Waals surface area contributed by atoms with Gasteiger partial charge in [-0.2, -0.15) is 18.2 Å². The Balaban J connectivity index is 1.67. The summed E-state index contributed by atoms with van der Waals surface area (Å²) in [6, 6.07) is 8.59. The molecule has 1 aliphatic heterocycles. The number of pyridine rings is 1. The number of aryl methyl sites for hydroxylation is 1. The molecule has 35 heavy (non-hydrogen) atoms. The van der Waals surface area contributed by atoms with Crippen LogP contribution in [0, 0.1) is 6.57 Å². The maximum atomic E-state index is 13.0. The van der Waals surface area contributed by atoms with Crippen molar-refractivity contribution in [2.75, 3.05) is 18.0 Å². The zero-order valence-corrected chi connectivity index (χ0v) is 20.0. The Morgan fingerprint density at radius 1 is 1.14 bits per heavy atom. The highest BCUT2D eigenvalue weighted by Crippen LogP contribution is 2.34. The van der Waals surface area contributed by atoms with Gasteiger partial charge in [-0.15, -0.1) is 4.98 Å². The molecule has 2 aromatic heterocycles. The third kappa shape index (κ3) is 4.60. The molecular formula is C25H27F3N6O. The summed E-state index contributed by atoms with van der Waals surface area (Å²) in [7, 11) is 1.63. The molecule has 0 radical (unpaired) electrons. The summed E-state index contributed by atoms with van der Waals surface area (Å²) in [5.74, 6) is 0.690. The summed E-state index contributed by atoms with van der Waals surface area (Å²) in [6.07, 6.45) is -3.56. The lowest BCUT2D eigenvalue weighted by molar-refractivity contribution is -0.137. The van der Waals surface area contributed by atoms with E-state index in [1.54, 1.807) is 31.3 Å². The van der Waals surface area contributed by atoms with Crippen molar-refractivity contribution in [3.8, 4) is 0 Å². The van der Waals surface area contributed by atoms with Gasteiger partial charge >= 0.3 is 11.9 Å². The van der Waals surface area contributed by atoms with Crippen LogP contribution in [0.4, 0.5) is 24.8 Å². The summed E-state index contributed by atoms with van der Waals surface area (Å²) in [5, 5.41) is 0. The predicted octanol–water partition coefficient (Wildman–Crippen LogP) is 4.95. The number of alkyl halides is 3. The van der Waals surface area contributed by atoms with Crippen molar-refractivity contribution >= 4 is 22.7 Å². The van der Waals surface area contributed by atoms with Gasteiger partial charge < -0.3 is 9.74 Å². The molecular weight excluding hydrogens is 457 g/mol. The van der Waals surface area contributed by atoms with Gasteiger partial charge in [0.15, 0.2) is 5.82 Å². The van der Waals surface area contributed by atoms with E-state index in [1.165, 1.54) is 4.57 Å². The van der Waals surface area contributed by atoms with E-state index in [2.05, 4.69) is 31.5 Å². The first-order valence-electron chi connectivity index (χ1n) is 11.5. The molecule has 1 fully saturated rings. The van der Waals surface area contributed by atoms with E-state index in [4.69, 9.17) is 6.57 Å². The van der Waals surface area contributed by atoms with Gasteiger partial charge in [-0.1, -0.05) is 25.6 Å². The highest BCUT2D eigenvalue weighted by Gasteiger charge is 2.36. The Labute approximate surface area is 201 Å². The highest BCUT2D eigenvalue weighted by atomic mass is 19.4. The van der Waals surface area contributed by atoms with Crippen LogP contribution in [-0.2, 0) is 13.2 Å². The Kier molecular flexibility index (Phi) is 6.56. The molecule has 10 heteroatoms. The summed E-state index contributed by atoms with van der Waals surface area (Å²) in [5.41, 5.74) is 0.872. The van der Waals surface area contributed by atoms with Crippen molar-refractivity contribution in [2.45, 2.75) is 51.5 Å². The summed E-state index contributed by atoms with van der Waals surface area (Å²) >= 11 is 0. The lowest BCUT2D eigenvalue weighted by Crippen LogP contribution is -2.58. The standard InChI is InChI=1S/C25H27F3N6O/c1-6-19-14-33(23-22-20(32(5)24(35)31-23)11-12-21(29-4)30-22)15(2)13-34(19)16(3)17-7-9-18(10-8-17)25(26,27)28/h7-12,15-16,19H,6,13-14H2,1-3,5H3. The van der Waals surface area contributed by atoms with Crippen LogP contribution >= 0.6 is 0 Å². The van der Waals surface area contributed by atoms with Gasteiger partial charge in [0.1, 0.15) is 0 Å². The smallest absolute Gasteiger partial charge is 0.361 e. The number of halogens is 3. The van der Waals surface area contributed by atoms with Crippen molar-refractivity contribution in [3.63, 3.8) is 0 Å². The molecule has 0 aliphatic carbocycles. The van der Waals surface area contributed by atoms with Crippen LogP contribution in [0.2, 0.25) is 0 Å². The Morgan fingerprint density at radius 2 is 1.83 bits per heavy atom. The minimum atomic E-state index is -4.36. The fraction of sp³-hybridized carbons (Fsp3) is 0.440. The number of hydrogen-bond acceptors (Lipinski definition) is 5. The molecule has 0 saturated carbocycles. The molecule has 0 N–H and O–H groups in total. The van der Waals surface area contributed by atoms with E-state index >= 15 is 0 Å². The molecule has 0 bridgehead atoms. The number of nitrogens with zero attached hydrogens (tertiary/aromatic N) is 6. The van der Waals surface area contributed by atoms with Crippen LogP contribution in [0.15, 0.2) is 41.2 Å². The number of benzene rings is 1. The molecule has 4 rings (SSSR count). The van der Waals surface area contributed by atoms with Crippen molar-refractivity contribution in [3.05, 3.63) is 69.4 Å². The molecule has 1 aliphatic rings. The second kappa shape index (κ2) is 9.30. The number of piperazine rings is 1. The van der Waals surface area contributed by atoms with Crippen LogP contribution in [0.3, 0.4) is 0 Å². The monoisotopic (exact) mass is 484 g/mol. The van der Waals surface area contributed by atoms with Gasteiger partial charge in [-0.25, -0.2) is 4.79 Å². The molecule has 3 atom stereocenters. The summed E-state index contributed by atoms with van der Waals surface area (Å²) in [6.45, 7) is 14.6.